The van der Waals surface area contributed by atoms with Crippen LogP contribution in [0.15, 0.2) is 58.9 Å². The molecule has 2 rings (SSSR count). The molecule has 1 heterocycles. The number of hydrazone groups is 2. The van der Waals surface area contributed by atoms with E-state index >= 15 is 0 Å². The molecule has 122 valence electrons. The lowest BCUT2D eigenvalue weighted by Crippen LogP contribution is -2.24. The number of benzene rings is 1. The number of nitrogens with two attached hydrogens (primary N) is 1. The molecule has 9 heteroatoms. The van der Waals surface area contributed by atoms with Gasteiger partial charge in [-0.3, -0.25) is 15.8 Å². The van der Waals surface area contributed by atoms with Crippen LogP contribution in [0.1, 0.15) is 11.3 Å². The molecule has 0 aliphatic heterocycles. The van der Waals surface area contributed by atoms with E-state index in [0.717, 1.165) is 16.9 Å². The second-order valence-corrected chi connectivity index (χ2v) is 5.28. The fourth-order valence-electron chi connectivity index (χ4n) is 1.59. The number of rotatable bonds is 5. The fraction of sp³-hybridized carbons (Fsp3) is 0. The van der Waals surface area contributed by atoms with Crippen molar-refractivity contribution in [3.05, 3.63) is 59.9 Å². The van der Waals surface area contributed by atoms with Gasteiger partial charge >= 0.3 is 0 Å². The number of hydrogen-bond acceptors (Lipinski definition) is 5. The summed E-state index contributed by atoms with van der Waals surface area (Å²) in [5.74, 6) is 0. The molecule has 7 nitrogen and oxygen atoms in total. The molecular formula is C15H15N7S2. The zero-order valence-electron chi connectivity index (χ0n) is 12.5. The van der Waals surface area contributed by atoms with Gasteiger partial charge in [-0.2, -0.15) is 10.2 Å². The first-order valence-electron chi connectivity index (χ1n) is 6.83. The topological polar surface area (TPSA) is 99.7 Å². The molecule has 0 fully saturated rings. The highest BCUT2D eigenvalue weighted by atomic mass is 32.1. The molecule has 0 saturated carbocycles. The minimum atomic E-state index is 0.118. The largest absolute Gasteiger partial charge is 0.375 e. The van der Waals surface area contributed by atoms with Crippen LogP contribution in [0, 0.1) is 0 Å². The quantitative estimate of drug-likeness (QED) is 0.366. The summed E-state index contributed by atoms with van der Waals surface area (Å²) in [7, 11) is 0. The normalized spacial score (nSPS) is 10.7. The molecule has 0 amide bonds. The average Bonchev–Trinajstić information content (AvgIpc) is 2.57. The number of pyridine rings is 1. The van der Waals surface area contributed by atoms with E-state index in [1.54, 1.807) is 18.6 Å². The lowest BCUT2D eigenvalue weighted by molar-refractivity contribution is 1.04. The standard InChI is InChI=1S/C15H15N7S2/c16-14(23)21-18-9-11-4-6-12(7-5-11)20-15(24)22-19-10-13-3-1-2-8-17-13/h1-10H,(H3,16,21,23)(H2,20,22,24)/b18-9+,19-10+. The molecule has 1 aromatic carbocycles. The minimum absolute atomic E-state index is 0.118. The van der Waals surface area contributed by atoms with Crippen LogP contribution in [0.2, 0.25) is 0 Å². The van der Waals surface area contributed by atoms with E-state index in [2.05, 4.69) is 43.6 Å². The molecule has 1 aromatic heterocycles. The molecule has 2 aromatic rings. The summed E-state index contributed by atoms with van der Waals surface area (Å²) in [4.78, 5) is 4.12. The molecule has 0 aliphatic rings. The lowest BCUT2D eigenvalue weighted by Gasteiger charge is -2.07. The lowest BCUT2D eigenvalue weighted by atomic mass is 10.2. The van der Waals surface area contributed by atoms with Crippen molar-refractivity contribution in [2.45, 2.75) is 0 Å². The third kappa shape index (κ3) is 6.46. The van der Waals surface area contributed by atoms with Crippen molar-refractivity contribution in [2.75, 3.05) is 5.32 Å². The average molecular weight is 357 g/mol. The van der Waals surface area contributed by atoms with Gasteiger partial charge in [-0.25, -0.2) is 0 Å². The van der Waals surface area contributed by atoms with Gasteiger partial charge in [-0.1, -0.05) is 18.2 Å². The van der Waals surface area contributed by atoms with E-state index < -0.39 is 0 Å². The molecule has 0 bridgehead atoms. The maximum Gasteiger partial charge on any atom is 0.191 e. The van der Waals surface area contributed by atoms with E-state index in [-0.39, 0.29) is 5.11 Å². The molecule has 0 radical (unpaired) electrons. The zero-order chi connectivity index (χ0) is 17.2. The molecule has 0 unspecified atom stereocenters. The van der Waals surface area contributed by atoms with E-state index in [4.69, 9.17) is 18.0 Å². The van der Waals surface area contributed by atoms with Gasteiger partial charge in [-0.05, 0) is 54.3 Å². The number of nitrogens with zero attached hydrogens (tertiary/aromatic N) is 3. The van der Waals surface area contributed by atoms with Crippen LogP contribution in [0.3, 0.4) is 0 Å². The van der Waals surface area contributed by atoms with Gasteiger partial charge in [0.25, 0.3) is 0 Å². The summed E-state index contributed by atoms with van der Waals surface area (Å²) < 4.78 is 0. The van der Waals surface area contributed by atoms with Gasteiger partial charge in [0, 0.05) is 11.9 Å². The summed E-state index contributed by atoms with van der Waals surface area (Å²) >= 11 is 9.81. The van der Waals surface area contributed by atoms with Crippen LogP contribution >= 0.6 is 24.4 Å². The van der Waals surface area contributed by atoms with Crippen molar-refractivity contribution >= 4 is 52.8 Å². The maximum atomic E-state index is 5.27. The molecule has 0 spiro atoms. The maximum absolute atomic E-state index is 5.27. The van der Waals surface area contributed by atoms with Crippen molar-refractivity contribution in [3.63, 3.8) is 0 Å². The van der Waals surface area contributed by atoms with Crippen LogP contribution in [-0.2, 0) is 0 Å². The van der Waals surface area contributed by atoms with Gasteiger partial charge in [-0.15, -0.1) is 0 Å². The highest BCUT2D eigenvalue weighted by Gasteiger charge is 1.96. The van der Waals surface area contributed by atoms with Crippen molar-refractivity contribution in [1.82, 2.24) is 15.8 Å². The first-order valence-corrected chi connectivity index (χ1v) is 7.65. The van der Waals surface area contributed by atoms with Crippen LogP contribution < -0.4 is 21.9 Å². The van der Waals surface area contributed by atoms with E-state index in [9.17, 15) is 0 Å². The van der Waals surface area contributed by atoms with Crippen molar-refractivity contribution in [3.8, 4) is 0 Å². The van der Waals surface area contributed by atoms with Gasteiger partial charge < -0.3 is 11.1 Å². The Balaban J connectivity index is 1.82. The first-order chi connectivity index (χ1) is 11.6. The Kier molecular flexibility index (Phi) is 6.74. The number of thiocarbonyl (C=S) groups is 2. The third-order valence-corrected chi connectivity index (χ3v) is 2.89. The first kappa shape index (κ1) is 17.4. The van der Waals surface area contributed by atoms with Crippen LogP contribution in [0.25, 0.3) is 0 Å². The Labute approximate surface area is 150 Å². The predicted molar refractivity (Wildman–Crippen MR) is 105 cm³/mol. The van der Waals surface area contributed by atoms with E-state index in [0.29, 0.717) is 5.11 Å². The van der Waals surface area contributed by atoms with E-state index in [1.807, 2.05) is 42.5 Å². The summed E-state index contributed by atoms with van der Waals surface area (Å²) in [6.45, 7) is 0. The van der Waals surface area contributed by atoms with Crippen molar-refractivity contribution in [2.24, 2.45) is 15.9 Å². The summed E-state index contributed by atoms with van der Waals surface area (Å²) in [5.41, 5.74) is 12.9. The Bertz CT molecular complexity index is 742. The van der Waals surface area contributed by atoms with Crippen LogP contribution in [-0.4, -0.2) is 27.6 Å². The molecular weight excluding hydrogens is 342 g/mol. The van der Waals surface area contributed by atoms with Crippen molar-refractivity contribution < 1.29 is 0 Å². The Morgan fingerprint density at radius 3 is 2.42 bits per heavy atom. The number of aromatic nitrogens is 1. The van der Waals surface area contributed by atoms with Crippen molar-refractivity contribution in [1.29, 1.82) is 0 Å². The smallest absolute Gasteiger partial charge is 0.191 e. The van der Waals surface area contributed by atoms with Gasteiger partial charge in [0.05, 0.1) is 18.1 Å². The minimum Gasteiger partial charge on any atom is -0.375 e. The number of nitrogens with one attached hydrogen (secondary N) is 3. The Hall–Kier alpha value is -2.91. The Morgan fingerprint density at radius 2 is 1.75 bits per heavy atom. The second kappa shape index (κ2) is 9.28. The highest BCUT2D eigenvalue weighted by Crippen LogP contribution is 2.08. The number of hydrogen-bond donors (Lipinski definition) is 4. The molecule has 0 aliphatic carbocycles. The summed E-state index contributed by atoms with van der Waals surface area (Å²) in [6, 6.07) is 13.0. The fourth-order valence-corrected chi connectivity index (χ4v) is 1.81. The second-order valence-electron chi connectivity index (χ2n) is 4.43. The highest BCUT2D eigenvalue weighted by molar-refractivity contribution is 7.80. The van der Waals surface area contributed by atoms with Gasteiger partial charge in [0.1, 0.15) is 0 Å². The zero-order valence-corrected chi connectivity index (χ0v) is 14.1. The third-order valence-electron chi connectivity index (χ3n) is 2.61. The summed E-state index contributed by atoms with van der Waals surface area (Å²) in [5, 5.41) is 11.4. The van der Waals surface area contributed by atoms with E-state index in [1.165, 1.54) is 0 Å². The summed E-state index contributed by atoms with van der Waals surface area (Å²) in [6.07, 6.45) is 4.89. The predicted octanol–water partition coefficient (Wildman–Crippen LogP) is 1.57. The monoisotopic (exact) mass is 357 g/mol. The molecule has 24 heavy (non-hydrogen) atoms. The SMILES string of the molecule is NC(=S)N/N=C/c1ccc(NC(=S)N/N=C/c2ccccn2)cc1. The van der Waals surface area contributed by atoms with Gasteiger partial charge in [0.15, 0.2) is 10.2 Å². The molecule has 0 saturated heterocycles. The Morgan fingerprint density at radius 1 is 1.00 bits per heavy atom. The number of anilines is 1. The van der Waals surface area contributed by atoms with Crippen LogP contribution in [0.4, 0.5) is 5.69 Å². The van der Waals surface area contributed by atoms with Gasteiger partial charge in [0.2, 0.25) is 0 Å². The van der Waals surface area contributed by atoms with Crippen LogP contribution in [0.5, 0.6) is 0 Å². The molecule has 0 atom stereocenters. The molecule has 5 N–H and O–H groups in total.